The lowest BCUT2D eigenvalue weighted by Crippen LogP contribution is -2.13. The second-order valence-corrected chi connectivity index (χ2v) is 3.25. The number of hydrogen-bond donors (Lipinski definition) is 2. The summed E-state index contributed by atoms with van der Waals surface area (Å²) in [5, 5.41) is 13.6. The van der Waals surface area contributed by atoms with Crippen molar-refractivity contribution in [3.63, 3.8) is 0 Å². The largest absolute Gasteiger partial charge is 0.494 e. The van der Waals surface area contributed by atoms with Gasteiger partial charge in [0.05, 0.1) is 12.6 Å². The Hall–Kier alpha value is -1.95. The lowest BCUT2D eigenvalue weighted by Gasteiger charge is -2.09. The van der Waals surface area contributed by atoms with E-state index in [0.717, 1.165) is 11.3 Å². The standard InChI is InChI=1S/C10H13N5O/c1-2-16-8-5-3-4-7(6-8)9(11)10-12-14-15-13-10/h3-6,9H,2,11H2,1H3,(H,12,13,14,15). The number of aromatic amines is 1. The average molecular weight is 219 g/mol. The van der Waals surface area contributed by atoms with Gasteiger partial charge in [-0.2, -0.15) is 5.21 Å². The van der Waals surface area contributed by atoms with Crippen molar-refractivity contribution < 1.29 is 4.74 Å². The van der Waals surface area contributed by atoms with E-state index in [2.05, 4.69) is 20.6 Å². The van der Waals surface area contributed by atoms with Crippen LogP contribution in [-0.4, -0.2) is 27.2 Å². The lowest BCUT2D eigenvalue weighted by atomic mass is 10.1. The van der Waals surface area contributed by atoms with Crippen LogP contribution in [0.4, 0.5) is 0 Å². The van der Waals surface area contributed by atoms with Crippen LogP contribution in [0.25, 0.3) is 0 Å². The molecule has 0 amide bonds. The molecular formula is C10H13N5O. The van der Waals surface area contributed by atoms with Crippen LogP contribution >= 0.6 is 0 Å². The fourth-order valence-corrected chi connectivity index (χ4v) is 1.41. The Bertz CT molecular complexity index is 442. The summed E-state index contributed by atoms with van der Waals surface area (Å²) < 4.78 is 5.39. The van der Waals surface area contributed by atoms with Crippen molar-refractivity contribution in [1.29, 1.82) is 0 Å². The molecule has 6 heteroatoms. The van der Waals surface area contributed by atoms with E-state index in [1.54, 1.807) is 0 Å². The summed E-state index contributed by atoms with van der Waals surface area (Å²) in [6, 6.07) is 7.17. The first-order valence-corrected chi connectivity index (χ1v) is 5.03. The molecule has 2 aromatic rings. The molecule has 0 aliphatic rings. The Morgan fingerprint density at radius 1 is 1.50 bits per heavy atom. The summed E-state index contributed by atoms with van der Waals surface area (Å²) in [4.78, 5) is 0. The van der Waals surface area contributed by atoms with Gasteiger partial charge in [-0.3, -0.25) is 0 Å². The van der Waals surface area contributed by atoms with Crippen LogP contribution in [0, 0.1) is 0 Å². The molecule has 0 spiro atoms. The van der Waals surface area contributed by atoms with Gasteiger partial charge in [0.15, 0.2) is 5.82 Å². The maximum atomic E-state index is 5.99. The summed E-state index contributed by atoms with van der Waals surface area (Å²) in [5.41, 5.74) is 6.88. The van der Waals surface area contributed by atoms with Crippen LogP contribution < -0.4 is 10.5 Å². The third kappa shape index (κ3) is 2.17. The van der Waals surface area contributed by atoms with Gasteiger partial charge in [-0.15, -0.1) is 10.2 Å². The Kier molecular flexibility index (Phi) is 3.11. The lowest BCUT2D eigenvalue weighted by molar-refractivity contribution is 0.340. The zero-order chi connectivity index (χ0) is 11.4. The molecule has 1 unspecified atom stereocenters. The van der Waals surface area contributed by atoms with Gasteiger partial charge in [-0.1, -0.05) is 17.3 Å². The summed E-state index contributed by atoms with van der Waals surface area (Å²) in [5.74, 6) is 1.26. The molecule has 2 rings (SSSR count). The van der Waals surface area contributed by atoms with Gasteiger partial charge < -0.3 is 10.5 Å². The van der Waals surface area contributed by atoms with Crippen LogP contribution in [0.3, 0.4) is 0 Å². The molecule has 0 saturated carbocycles. The zero-order valence-corrected chi connectivity index (χ0v) is 8.92. The third-order valence-corrected chi connectivity index (χ3v) is 2.17. The minimum Gasteiger partial charge on any atom is -0.494 e. The Morgan fingerprint density at radius 2 is 2.38 bits per heavy atom. The fraction of sp³-hybridized carbons (Fsp3) is 0.300. The maximum Gasteiger partial charge on any atom is 0.195 e. The minimum atomic E-state index is -0.390. The van der Waals surface area contributed by atoms with Crippen molar-refractivity contribution in [2.45, 2.75) is 13.0 Å². The first-order chi connectivity index (χ1) is 7.81. The SMILES string of the molecule is CCOc1cccc(C(N)c2nn[nH]n2)c1. The molecule has 1 aromatic carbocycles. The fourth-order valence-electron chi connectivity index (χ4n) is 1.41. The number of aromatic nitrogens is 4. The van der Waals surface area contributed by atoms with Crippen molar-refractivity contribution in [2.24, 2.45) is 5.73 Å². The monoisotopic (exact) mass is 219 g/mol. The van der Waals surface area contributed by atoms with Gasteiger partial charge in [-0.25, -0.2) is 0 Å². The van der Waals surface area contributed by atoms with Gasteiger partial charge in [0, 0.05) is 0 Å². The van der Waals surface area contributed by atoms with Crippen LogP contribution in [0.1, 0.15) is 24.4 Å². The number of ether oxygens (including phenoxy) is 1. The minimum absolute atomic E-state index is 0.390. The van der Waals surface area contributed by atoms with Gasteiger partial charge in [0.1, 0.15) is 5.75 Å². The molecule has 16 heavy (non-hydrogen) atoms. The Balaban J connectivity index is 2.23. The summed E-state index contributed by atoms with van der Waals surface area (Å²) in [6.07, 6.45) is 0. The number of H-pyrrole nitrogens is 1. The first kappa shape index (κ1) is 10.6. The Labute approximate surface area is 92.8 Å². The van der Waals surface area contributed by atoms with E-state index >= 15 is 0 Å². The number of benzene rings is 1. The highest BCUT2D eigenvalue weighted by Gasteiger charge is 2.13. The van der Waals surface area contributed by atoms with Gasteiger partial charge in [0.25, 0.3) is 0 Å². The normalized spacial score (nSPS) is 12.4. The predicted octanol–water partition coefficient (Wildman–Crippen LogP) is 0.646. The number of hydrogen-bond acceptors (Lipinski definition) is 5. The van der Waals surface area contributed by atoms with Gasteiger partial charge in [-0.05, 0) is 24.6 Å². The van der Waals surface area contributed by atoms with E-state index in [4.69, 9.17) is 10.5 Å². The molecular weight excluding hydrogens is 206 g/mol. The molecule has 1 atom stereocenters. The third-order valence-electron chi connectivity index (χ3n) is 2.17. The van der Waals surface area contributed by atoms with Crippen molar-refractivity contribution >= 4 is 0 Å². The molecule has 0 saturated heterocycles. The second-order valence-electron chi connectivity index (χ2n) is 3.25. The molecule has 84 valence electrons. The number of nitrogens with one attached hydrogen (secondary N) is 1. The van der Waals surface area contributed by atoms with Crippen LogP contribution in [0.2, 0.25) is 0 Å². The number of nitrogens with two attached hydrogens (primary N) is 1. The van der Waals surface area contributed by atoms with Crippen molar-refractivity contribution in [1.82, 2.24) is 20.6 Å². The quantitative estimate of drug-likeness (QED) is 0.787. The van der Waals surface area contributed by atoms with Crippen LogP contribution in [0.5, 0.6) is 5.75 Å². The molecule has 0 radical (unpaired) electrons. The number of nitrogens with zero attached hydrogens (tertiary/aromatic N) is 3. The molecule has 3 N–H and O–H groups in total. The highest BCUT2D eigenvalue weighted by Crippen LogP contribution is 2.20. The van der Waals surface area contributed by atoms with Crippen molar-refractivity contribution in [3.8, 4) is 5.75 Å². The molecule has 1 aromatic heterocycles. The van der Waals surface area contributed by atoms with E-state index in [9.17, 15) is 0 Å². The highest BCUT2D eigenvalue weighted by atomic mass is 16.5. The van der Waals surface area contributed by atoms with E-state index < -0.39 is 0 Å². The summed E-state index contributed by atoms with van der Waals surface area (Å²) in [7, 11) is 0. The van der Waals surface area contributed by atoms with Crippen LogP contribution in [0.15, 0.2) is 24.3 Å². The maximum absolute atomic E-state index is 5.99. The van der Waals surface area contributed by atoms with E-state index in [0.29, 0.717) is 12.4 Å². The van der Waals surface area contributed by atoms with E-state index in [1.807, 2.05) is 31.2 Å². The summed E-state index contributed by atoms with van der Waals surface area (Å²) in [6.45, 7) is 2.56. The number of tetrazole rings is 1. The first-order valence-electron chi connectivity index (χ1n) is 5.03. The highest BCUT2D eigenvalue weighted by molar-refractivity contribution is 5.32. The van der Waals surface area contributed by atoms with Gasteiger partial charge >= 0.3 is 0 Å². The molecule has 0 aliphatic carbocycles. The number of rotatable bonds is 4. The molecule has 1 heterocycles. The van der Waals surface area contributed by atoms with Crippen molar-refractivity contribution in [3.05, 3.63) is 35.7 Å². The predicted molar refractivity (Wildman–Crippen MR) is 57.8 cm³/mol. The van der Waals surface area contributed by atoms with E-state index in [-0.39, 0.29) is 6.04 Å². The van der Waals surface area contributed by atoms with Crippen molar-refractivity contribution in [2.75, 3.05) is 6.61 Å². The summed E-state index contributed by atoms with van der Waals surface area (Å²) >= 11 is 0. The Morgan fingerprint density at radius 3 is 3.06 bits per heavy atom. The topological polar surface area (TPSA) is 89.7 Å². The molecule has 0 bridgehead atoms. The average Bonchev–Trinajstić information content (AvgIpc) is 2.82. The van der Waals surface area contributed by atoms with Crippen LogP contribution in [-0.2, 0) is 0 Å². The zero-order valence-electron chi connectivity index (χ0n) is 8.92. The van der Waals surface area contributed by atoms with E-state index in [1.165, 1.54) is 0 Å². The second kappa shape index (κ2) is 4.71. The smallest absolute Gasteiger partial charge is 0.195 e. The molecule has 0 aliphatic heterocycles. The molecule has 6 nitrogen and oxygen atoms in total. The molecule has 0 fully saturated rings. The van der Waals surface area contributed by atoms with Gasteiger partial charge in [0.2, 0.25) is 0 Å².